The van der Waals surface area contributed by atoms with Gasteiger partial charge < -0.3 is 14.6 Å². The van der Waals surface area contributed by atoms with E-state index >= 15 is 0 Å². The zero-order chi connectivity index (χ0) is 20.3. The first-order valence-electron chi connectivity index (χ1n) is 9.19. The Morgan fingerprint density at radius 3 is 2.64 bits per heavy atom. The lowest BCUT2D eigenvalue weighted by Crippen LogP contribution is -2.23. The molecule has 1 N–H and O–H groups in total. The predicted molar refractivity (Wildman–Crippen MR) is 106 cm³/mol. The number of ether oxygens (including phenoxy) is 1. The lowest BCUT2D eigenvalue weighted by molar-refractivity contribution is 0.0950. The number of halogens is 1. The molecule has 2 aromatic heterocycles. The summed E-state index contributed by atoms with van der Waals surface area (Å²) in [5, 5.41) is 2.86. The van der Waals surface area contributed by atoms with E-state index in [9.17, 15) is 9.18 Å². The van der Waals surface area contributed by atoms with Gasteiger partial charge in [-0.3, -0.25) is 9.78 Å². The van der Waals surface area contributed by atoms with Gasteiger partial charge in [0.15, 0.2) is 11.6 Å². The van der Waals surface area contributed by atoms with Crippen LogP contribution in [0.1, 0.15) is 47.2 Å². The molecule has 0 bridgehead atoms. The van der Waals surface area contributed by atoms with Crippen LogP contribution in [0.4, 0.5) is 4.39 Å². The van der Waals surface area contributed by atoms with Crippen molar-refractivity contribution in [3.63, 3.8) is 0 Å². The number of aryl methyl sites for hydroxylation is 1. The highest BCUT2D eigenvalue weighted by Gasteiger charge is 2.17. The Kier molecular flexibility index (Phi) is 5.78. The summed E-state index contributed by atoms with van der Waals surface area (Å²) in [5.41, 5.74) is 3.27. The van der Waals surface area contributed by atoms with E-state index in [0.29, 0.717) is 16.9 Å². The molecule has 0 aliphatic heterocycles. The van der Waals surface area contributed by atoms with Gasteiger partial charge in [0.05, 0.1) is 11.8 Å². The highest BCUT2D eigenvalue weighted by molar-refractivity contribution is 5.95. The van der Waals surface area contributed by atoms with Crippen molar-refractivity contribution in [2.75, 3.05) is 0 Å². The van der Waals surface area contributed by atoms with Crippen molar-refractivity contribution in [2.24, 2.45) is 0 Å². The standard InChI is InChI=1S/C22H24FN3O2/c1-14(2)26-15(3)10-19(16(26)4)22(27)25-12-17-7-8-21(20(23)11-17)28-18-6-5-9-24-13-18/h5-11,13-14H,12H2,1-4H3,(H,25,27). The molecule has 2 heterocycles. The number of amides is 1. The molecule has 0 atom stereocenters. The maximum Gasteiger partial charge on any atom is 0.253 e. The molecule has 0 saturated carbocycles. The number of hydrogen-bond donors (Lipinski definition) is 1. The van der Waals surface area contributed by atoms with Crippen LogP contribution in [0, 0.1) is 19.7 Å². The third-order valence-corrected chi connectivity index (χ3v) is 4.56. The molecule has 146 valence electrons. The molecule has 0 fully saturated rings. The van der Waals surface area contributed by atoms with E-state index in [1.807, 2.05) is 19.9 Å². The number of rotatable bonds is 6. The monoisotopic (exact) mass is 381 g/mol. The van der Waals surface area contributed by atoms with E-state index < -0.39 is 5.82 Å². The molecule has 0 aliphatic rings. The fourth-order valence-corrected chi connectivity index (χ4v) is 3.35. The third-order valence-electron chi connectivity index (χ3n) is 4.56. The molecule has 1 amide bonds. The normalized spacial score (nSPS) is 10.9. The SMILES string of the molecule is Cc1cc(C(=O)NCc2ccc(Oc3cccnc3)c(F)c2)c(C)n1C(C)C. The van der Waals surface area contributed by atoms with Gasteiger partial charge in [-0.1, -0.05) is 6.07 Å². The van der Waals surface area contributed by atoms with E-state index in [0.717, 1.165) is 11.4 Å². The van der Waals surface area contributed by atoms with E-state index in [1.54, 1.807) is 30.5 Å². The summed E-state index contributed by atoms with van der Waals surface area (Å²) in [4.78, 5) is 16.5. The van der Waals surface area contributed by atoms with Gasteiger partial charge in [-0.2, -0.15) is 0 Å². The Hall–Kier alpha value is -3.15. The molecule has 1 aromatic carbocycles. The first-order chi connectivity index (χ1) is 13.4. The average molecular weight is 381 g/mol. The molecule has 3 aromatic rings. The van der Waals surface area contributed by atoms with Crippen LogP contribution < -0.4 is 10.1 Å². The van der Waals surface area contributed by atoms with E-state index in [-0.39, 0.29) is 24.2 Å². The van der Waals surface area contributed by atoms with Crippen molar-refractivity contribution in [1.82, 2.24) is 14.9 Å². The minimum atomic E-state index is -0.492. The number of carbonyl (C=O) groups is 1. The number of carbonyl (C=O) groups excluding carboxylic acids is 1. The minimum absolute atomic E-state index is 0.114. The molecular formula is C22H24FN3O2. The Labute approximate surface area is 164 Å². The summed E-state index contributed by atoms with van der Waals surface area (Å²) in [6.45, 7) is 8.32. The van der Waals surface area contributed by atoms with Crippen LogP contribution in [-0.4, -0.2) is 15.5 Å². The Bertz CT molecular complexity index is 981. The highest BCUT2D eigenvalue weighted by atomic mass is 19.1. The first kappa shape index (κ1) is 19.6. The number of hydrogen-bond acceptors (Lipinski definition) is 3. The van der Waals surface area contributed by atoms with E-state index in [4.69, 9.17) is 4.74 Å². The van der Waals surface area contributed by atoms with Crippen LogP contribution in [0.2, 0.25) is 0 Å². The summed E-state index contributed by atoms with van der Waals surface area (Å²) in [6.07, 6.45) is 3.13. The predicted octanol–water partition coefficient (Wildman–Crippen LogP) is 4.94. The van der Waals surface area contributed by atoms with Gasteiger partial charge in [-0.15, -0.1) is 0 Å². The third kappa shape index (κ3) is 4.22. The quantitative estimate of drug-likeness (QED) is 0.658. The Morgan fingerprint density at radius 2 is 2.04 bits per heavy atom. The van der Waals surface area contributed by atoms with Gasteiger partial charge in [-0.25, -0.2) is 4.39 Å². The Morgan fingerprint density at radius 1 is 1.25 bits per heavy atom. The second kappa shape index (κ2) is 8.25. The Balaban J connectivity index is 1.67. The molecule has 0 unspecified atom stereocenters. The van der Waals surface area contributed by atoms with Crippen LogP contribution in [0.3, 0.4) is 0 Å². The topological polar surface area (TPSA) is 56.1 Å². The lowest BCUT2D eigenvalue weighted by Gasteiger charge is -2.13. The van der Waals surface area contributed by atoms with E-state index in [1.165, 1.54) is 12.3 Å². The van der Waals surface area contributed by atoms with Crippen LogP contribution in [0.25, 0.3) is 0 Å². The van der Waals surface area contributed by atoms with Gasteiger partial charge >= 0.3 is 0 Å². The number of nitrogens with one attached hydrogen (secondary N) is 1. The van der Waals surface area contributed by atoms with Gasteiger partial charge in [0.25, 0.3) is 5.91 Å². The number of nitrogens with zero attached hydrogens (tertiary/aromatic N) is 2. The van der Waals surface area contributed by atoms with Crippen molar-refractivity contribution in [3.05, 3.63) is 77.1 Å². The first-order valence-corrected chi connectivity index (χ1v) is 9.19. The van der Waals surface area contributed by atoms with Gasteiger partial charge in [0, 0.05) is 30.2 Å². The summed E-state index contributed by atoms with van der Waals surface area (Å²) < 4.78 is 21.9. The summed E-state index contributed by atoms with van der Waals surface area (Å²) in [7, 11) is 0. The molecular weight excluding hydrogens is 357 g/mol. The second-order valence-electron chi connectivity index (χ2n) is 6.99. The molecule has 0 aliphatic carbocycles. The van der Waals surface area contributed by atoms with Gasteiger partial charge in [0.2, 0.25) is 0 Å². The molecule has 0 saturated heterocycles. The highest BCUT2D eigenvalue weighted by Crippen LogP contribution is 2.25. The maximum absolute atomic E-state index is 14.3. The smallest absolute Gasteiger partial charge is 0.253 e. The molecule has 0 spiro atoms. The fraction of sp³-hybridized carbons (Fsp3) is 0.273. The molecule has 5 nitrogen and oxygen atoms in total. The fourth-order valence-electron chi connectivity index (χ4n) is 3.35. The zero-order valence-electron chi connectivity index (χ0n) is 16.5. The van der Waals surface area contributed by atoms with Crippen molar-refractivity contribution in [3.8, 4) is 11.5 Å². The van der Waals surface area contributed by atoms with Crippen molar-refractivity contribution >= 4 is 5.91 Å². The number of pyridine rings is 1. The van der Waals surface area contributed by atoms with Crippen molar-refractivity contribution in [2.45, 2.75) is 40.3 Å². The second-order valence-corrected chi connectivity index (χ2v) is 6.99. The largest absolute Gasteiger partial charge is 0.453 e. The number of benzene rings is 1. The van der Waals surface area contributed by atoms with Gasteiger partial charge in [-0.05, 0) is 63.6 Å². The van der Waals surface area contributed by atoms with Gasteiger partial charge in [0.1, 0.15) is 5.75 Å². The van der Waals surface area contributed by atoms with Crippen molar-refractivity contribution in [1.29, 1.82) is 0 Å². The zero-order valence-corrected chi connectivity index (χ0v) is 16.5. The summed E-state index contributed by atoms with van der Waals surface area (Å²) in [6, 6.07) is 10.2. The molecule has 28 heavy (non-hydrogen) atoms. The van der Waals surface area contributed by atoms with Crippen LogP contribution >= 0.6 is 0 Å². The summed E-state index contributed by atoms with van der Waals surface area (Å²) in [5.74, 6) is -0.0869. The molecule has 6 heteroatoms. The summed E-state index contributed by atoms with van der Waals surface area (Å²) >= 11 is 0. The van der Waals surface area contributed by atoms with Crippen LogP contribution in [-0.2, 0) is 6.54 Å². The maximum atomic E-state index is 14.3. The molecule has 0 radical (unpaired) electrons. The van der Waals surface area contributed by atoms with Crippen LogP contribution in [0.15, 0.2) is 48.8 Å². The molecule has 3 rings (SSSR count). The minimum Gasteiger partial charge on any atom is -0.453 e. The van der Waals surface area contributed by atoms with Crippen LogP contribution in [0.5, 0.6) is 11.5 Å². The van der Waals surface area contributed by atoms with E-state index in [2.05, 4.69) is 28.7 Å². The lowest BCUT2D eigenvalue weighted by atomic mass is 10.2. The van der Waals surface area contributed by atoms with Crippen molar-refractivity contribution < 1.29 is 13.9 Å². The number of aromatic nitrogens is 2. The average Bonchev–Trinajstić information content (AvgIpc) is 2.97.